The Kier molecular flexibility index (Phi) is 5.31. The first-order valence-electron chi connectivity index (χ1n) is 8.64. The summed E-state index contributed by atoms with van der Waals surface area (Å²) in [6.07, 6.45) is 5.06. The Bertz CT molecular complexity index is 954. The summed E-state index contributed by atoms with van der Waals surface area (Å²) in [7, 11) is 0. The largest absolute Gasteiger partial charge is 0.337 e. The van der Waals surface area contributed by atoms with Crippen LogP contribution in [-0.4, -0.2) is 61.9 Å². The molecule has 4 rings (SSSR count). The van der Waals surface area contributed by atoms with E-state index < -0.39 is 0 Å². The maximum atomic E-state index is 12.8. The highest BCUT2D eigenvalue weighted by Crippen LogP contribution is 2.25. The average Bonchev–Trinajstić information content (AvgIpc) is 3.16. The molecule has 3 aromatic heterocycles. The highest BCUT2D eigenvalue weighted by molar-refractivity contribution is 7.17. The van der Waals surface area contributed by atoms with E-state index >= 15 is 0 Å². The Morgan fingerprint density at radius 3 is 2.61 bits per heavy atom. The topological polar surface area (TPSA) is 100 Å². The van der Waals surface area contributed by atoms with Crippen molar-refractivity contribution in [3.05, 3.63) is 46.7 Å². The van der Waals surface area contributed by atoms with Gasteiger partial charge < -0.3 is 15.1 Å². The summed E-state index contributed by atoms with van der Waals surface area (Å²) < 4.78 is 0. The standard InChI is InChI=1S/C17H17ClN8OS/c1-11-22-12(18)9-13(23-11)24-14-10-21-15(28-14)16(27)25-5-7-26(8-6-25)17-19-3-2-4-20-17/h2-4,9-10H,5-8H2,1H3,(H,22,23,24). The van der Waals surface area contributed by atoms with Crippen molar-refractivity contribution in [3.8, 4) is 0 Å². The zero-order chi connectivity index (χ0) is 19.5. The SMILES string of the molecule is Cc1nc(Cl)cc(Nc2cnc(C(=O)N3CCN(c4ncccn4)CC3)s2)n1. The van der Waals surface area contributed by atoms with E-state index in [0.29, 0.717) is 58.9 Å². The van der Waals surface area contributed by atoms with Gasteiger partial charge in [-0.05, 0) is 13.0 Å². The molecule has 4 heterocycles. The van der Waals surface area contributed by atoms with Crippen LogP contribution in [0.25, 0.3) is 0 Å². The molecule has 0 bridgehead atoms. The normalized spacial score (nSPS) is 14.2. The minimum atomic E-state index is -0.0800. The summed E-state index contributed by atoms with van der Waals surface area (Å²) in [6.45, 7) is 4.33. The Hall–Kier alpha value is -2.85. The van der Waals surface area contributed by atoms with E-state index in [0.717, 1.165) is 0 Å². The second-order valence-electron chi connectivity index (χ2n) is 6.11. The Morgan fingerprint density at radius 2 is 1.89 bits per heavy atom. The predicted octanol–water partition coefficient (Wildman–Crippen LogP) is 2.39. The fourth-order valence-corrected chi connectivity index (χ4v) is 3.87. The van der Waals surface area contributed by atoms with Gasteiger partial charge in [-0.2, -0.15) is 0 Å². The van der Waals surface area contributed by atoms with Gasteiger partial charge in [0.25, 0.3) is 5.91 Å². The van der Waals surface area contributed by atoms with Gasteiger partial charge in [-0.25, -0.2) is 24.9 Å². The number of aryl methyl sites for hydroxylation is 1. The van der Waals surface area contributed by atoms with Gasteiger partial charge in [0.2, 0.25) is 5.95 Å². The van der Waals surface area contributed by atoms with Gasteiger partial charge in [-0.3, -0.25) is 4.79 Å². The fourth-order valence-electron chi connectivity index (χ4n) is 2.85. The van der Waals surface area contributed by atoms with E-state index in [1.165, 1.54) is 11.3 Å². The highest BCUT2D eigenvalue weighted by Gasteiger charge is 2.25. The molecule has 0 aliphatic carbocycles. The van der Waals surface area contributed by atoms with Crippen molar-refractivity contribution in [2.45, 2.75) is 6.92 Å². The monoisotopic (exact) mass is 416 g/mol. The number of hydrogen-bond donors (Lipinski definition) is 1. The fraction of sp³-hybridized carbons (Fsp3) is 0.294. The number of nitrogens with zero attached hydrogens (tertiary/aromatic N) is 7. The van der Waals surface area contributed by atoms with Crippen molar-refractivity contribution >= 4 is 45.6 Å². The van der Waals surface area contributed by atoms with Gasteiger partial charge in [0.15, 0.2) is 5.01 Å². The van der Waals surface area contributed by atoms with Crippen LogP contribution in [0.4, 0.5) is 16.8 Å². The van der Waals surface area contributed by atoms with Gasteiger partial charge in [0, 0.05) is 44.6 Å². The molecule has 1 fully saturated rings. The van der Waals surface area contributed by atoms with Crippen molar-refractivity contribution < 1.29 is 4.79 Å². The maximum Gasteiger partial charge on any atom is 0.283 e. The minimum Gasteiger partial charge on any atom is -0.337 e. The van der Waals surface area contributed by atoms with Crippen LogP contribution in [0.5, 0.6) is 0 Å². The van der Waals surface area contributed by atoms with Gasteiger partial charge in [0.1, 0.15) is 21.8 Å². The molecule has 11 heteroatoms. The number of piperazine rings is 1. The zero-order valence-corrected chi connectivity index (χ0v) is 16.6. The lowest BCUT2D eigenvalue weighted by atomic mass is 10.3. The lowest BCUT2D eigenvalue weighted by Gasteiger charge is -2.34. The molecular weight excluding hydrogens is 400 g/mol. The van der Waals surface area contributed by atoms with E-state index in [-0.39, 0.29) is 5.91 Å². The van der Waals surface area contributed by atoms with Crippen LogP contribution >= 0.6 is 22.9 Å². The predicted molar refractivity (Wildman–Crippen MR) is 107 cm³/mol. The van der Waals surface area contributed by atoms with Crippen LogP contribution in [0.3, 0.4) is 0 Å². The summed E-state index contributed by atoms with van der Waals surface area (Å²) in [5, 5.41) is 4.63. The highest BCUT2D eigenvalue weighted by atomic mass is 35.5. The third-order valence-electron chi connectivity index (χ3n) is 4.15. The summed E-state index contributed by atoms with van der Waals surface area (Å²) >= 11 is 7.24. The second-order valence-corrected chi connectivity index (χ2v) is 7.52. The summed E-state index contributed by atoms with van der Waals surface area (Å²) in [6, 6.07) is 3.41. The van der Waals surface area contributed by atoms with E-state index in [1.807, 2.05) is 0 Å². The third-order valence-corrected chi connectivity index (χ3v) is 5.24. The Balaban J connectivity index is 1.38. The zero-order valence-electron chi connectivity index (χ0n) is 15.0. The van der Waals surface area contributed by atoms with Crippen molar-refractivity contribution in [1.29, 1.82) is 0 Å². The van der Waals surface area contributed by atoms with Crippen molar-refractivity contribution in [2.24, 2.45) is 0 Å². The molecule has 0 unspecified atom stereocenters. The lowest BCUT2D eigenvalue weighted by Crippen LogP contribution is -2.49. The molecular formula is C17H17ClN8OS. The number of hydrogen-bond acceptors (Lipinski definition) is 9. The number of carbonyl (C=O) groups excluding carboxylic acids is 1. The van der Waals surface area contributed by atoms with Gasteiger partial charge in [0.05, 0.1) is 6.20 Å². The molecule has 1 aliphatic rings. The van der Waals surface area contributed by atoms with E-state index in [4.69, 9.17) is 11.6 Å². The van der Waals surface area contributed by atoms with Crippen molar-refractivity contribution in [2.75, 3.05) is 36.4 Å². The van der Waals surface area contributed by atoms with Gasteiger partial charge in [-0.15, -0.1) is 0 Å². The molecule has 0 saturated carbocycles. The molecule has 0 radical (unpaired) electrons. The number of carbonyl (C=O) groups is 1. The van der Waals surface area contributed by atoms with E-state index in [1.54, 1.807) is 42.5 Å². The minimum absolute atomic E-state index is 0.0800. The molecule has 9 nitrogen and oxygen atoms in total. The first-order chi connectivity index (χ1) is 13.6. The van der Waals surface area contributed by atoms with Crippen LogP contribution in [0.2, 0.25) is 5.15 Å². The molecule has 144 valence electrons. The number of aromatic nitrogens is 5. The summed E-state index contributed by atoms with van der Waals surface area (Å²) in [5.41, 5.74) is 0. The van der Waals surface area contributed by atoms with Gasteiger partial charge in [-0.1, -0.05) is 22.9 Å². The van der Waals surface area contributed by atoms with Gasteiger partial charge >= 0.3 is 0 Å². The smallest absolute Gasteiger partial charge is 0.283 e. The molecule has 0 atom stereocenters. The van der Waals surface area contributed by atoms with Crippen LogP contribution in [-0.2, 0) is 0 Å². The third kappa shape index (κ3) is 4.18. The van der Waals surface area contributed by atoms with Crippen molar-refractivity contribution in [3.63, 3.8) is 0 Å². The molecule has 0 spiro atoms. The number of thiazole rings is 1. The van der Waals surface area contributed by atoms with E-state index in [2.05, 4.69) is 35.1 Å². The average molecular weight is 417 g/mol. The summed E-state index contributed by atoms with van der Waals surface area (Å²) in [5.74, 6) is 1.74. The van der Waals surface area contributed by atoms with Crippen LogP contribution in [0.1, 0.15) is 15.6 Å². The lowest BCUT2D eigenvalue weighted by molar-refractivity contribution is 0.0746. The number of halogens is 1. The molecule has 1 saturated heterocycles. The van der Waals surface area contributed by atoms with E-state index in [9.17, 15) is 4.79 Å². The molecule has 28 heavy (non-hydrogen) atoms. The first kappa shape index (κ1) is 18.5. The Labute approximate surface area is 170 Å². The molecule has 0 aromatic carbocycles. The van der Waals surface area contributed by atoms with Crippen LogP contribution < -0.4 is 10.2 Å². The Morgan fingerprint density at radius 1 is 1.14 bits per heavy atom. The molecule has 1 N–H and O–H groups in total. The molecule has 1 aliphatic heterocycles. The number of anilines is 3. The van der Waals surface area contributed by atoms with Crippen LogP contribution in [0.15, 0.2) is 30.7 Å². The molecule has 3 aromatic rings. The quantitative estimate of drug-likeness (QED) is 0.647. The summed E-state index contributed by atoms with van der Waals surface area (Å²) in [4.78, 5) is 37.7. The maximum absolute atomic E-state index is 12.8. The number of nitrogens with one attached hydrogen (secondary N) is 1. The number of amides is 1. The van der Waals surface area contributed by atoms with Crippen LogP contribution in [0, 0.1) is 6.92 Å². The molecule has 1 amide bonds. The van der Waals surface area contributed by atoms with Crippen molar-refractivity contribution in [1.82, 2.24) is 29.8 Å². The first-order valence-corrected chi connectivity index (χ1v) is 9.83. The number of rotatable bonds is 4. The second kappa shape index (κ2) is 8.03.